The van der Waals surface area contributed by atoms with E-state index in [-0.39, 0.29) is 0 Å². The van der Waals surface area contributed by atoms with Crippen molar-refractivity contribution in [3.8, 4) is 0 Å². The summed E-state index contributed by atoms with van der Waals surface area (Å²) in [6, 6.07) is 0. The quantitative estimate of drug-likeness (QED) is 0.463. The summed E-state index contributed by atoms with van der Waals surface area (Å²) in [6.07, 6.45) is 7.21. The van der Waals surface area contributed by atoms with E-state index < -0.39 is 0 Å². The number of alkyl halides is 1. The molecule has 0 atom stereocenters. The van der Waals surface area contributed by atoms with Crippen molar-refractivity contribution in [2.45, 2.75) is 25.7 Å². The van der Waals surface area contributed by atoms with Crippen LogP contribution >= 0.6 is 23.4 Å². The molecule has 0 aliphatic heterocycles. The fourth-order valence-electron chi connectivity index (χ4n) is 0.997. The number of rotatable bonds is 9. The molecule has 12 heavy (non-hydrogen) atoms. The molecule has 1 nitrogen and oxygen atoms in total. The Morgan fingerprint density at radius 3 is 2.50 bits per heavy atom. The standard InChI is InChI=1S/C9H20ClNS/c1-12-9-8-11-7-5-3-2-4-6-10/h11H,2-9H2,1H3. The molecule has 0 aromatic rings. The Balaban J connectivity index is 2.73. The minimum absolute atomic E-state index is 0.819. The lowest BCUT2D eigenvalue weighted by Crippen LogP contribution is -2.18. The van der Waals surface area contributed by atoms with Gasteiger partial charge in [-0.2, -0.15) is 11.8 Å². The van der Waals surface area contributed by atoms with Crippen LogP contribution in [0, 0.1) is 0 Å². The molecule has 3 heteroatoms. The molecule has 0 bridgehead atoms. The summed E-state index contributed by atoms with van der Waals surface area (Å²) in [4.78, 5) is 0. The van der Waals surface area contributed by atoms with Gasteiger partial charge in [-0.25, -0.2) is 0 Å². The number of nitrogens with one attached hydrogen (secondary N) is 1. The van der Waals surface area contributed by atoms with E-state index in [4.69, 9.17) is 11.6 Å². The number of halogens is 1. The lowest BCUT2D eigenvalue weighted by atomic mass is 10.2. The van der Waals surface area contributed by atoms with Crippen LogP contribution < -0.4 is 5.32 Å². The molecule has 0 heterocycles. The third kappa shape index (κ3) is 10.6. The fraction of sp³-hybridized carbons (Fsp3) is 1.00. The Kier molecular flexibility index (Phi) is 12.2. The predicted octanol–water partition coefficient (Wildman–Crippen LogP) is 2.74. The summed E-state index contributed by atoms with van der Waals surface area (Å²) in [5, 5.41) is 3.41. The zero-order valence-corrected chi connectivity index (χ0v) is 9.52. The Bertz CT molecular complexity index is 70.9. The van der Waals surface area contributed by atoms with E-state index in [0.717, 1.165) is 12.4 Å². The van der Waals surface area contributed by atoms with Gasteiger partial charge in [0.15, 0.2) is 0 Å². The molecule has 0 aromatic carbocycles. The van der Waals surface area contributed by atoms with Gasteiger partial charge in [-0.1, -0.05) is 12.8 Å². The molecule has 0 unspecified atom stereocenters. The van der Waals surface area contributed by atoms with E-state index >= 15 is 0 Å². The first-order valence-electron chi connectivity index (χ1n) is 4.67. The van der Waals surface area contributed by atoms with Gasteiger partial charge in [0.2, 0.25) is 0 Å². The van der Waals surface area contributed by atoms with Gasteiger partial charge in [0.05, 0.1) is 0 Å². The fourth-order valence-corrected chi connectivity index (χ4v) is 1.53. The lowest BCUT2D eigenvalue weighted by molar-refractivity contribution is 0.614. The number of thioether (sulfide) groups is 1. The van der Waals surface area contributed by atoms with Crippen molar-refractivity contribution >= 4 is 23.4 Å². The second-order valence-electron chi connectivity index (χ2n) is 2.85. The van der Waals surface area contributed by atoms with Crippen molar-refractivity contribution < 1.29 is 0 Å². The summed E-state index contributed by atoms with van der Waals surface area (Å²) >= 11 is 7.46. The molecule has 0 amide bonds. The van der Waals surface area contributed by atoms with Crippen LogP contribution in [0.15, 0.2) is 0 Å². The van der Waals surface area contributed by atoms with Crippen LogP contribution in [-0.4, -0.2) is 31.0 Å². The highest BCUT2D eigenvalue weighted by Crippen LogP contribution is 1.99. The van der Waals surface area contributed by atoms with Crippen LogP contribution in [-0.2, 0) is 0 Å². The maximum absolute atomic E-state index is 5.56. The molecular weight excluding hydrogens is 190 g/mol. The van der Waals surface area contributed by atoms with Gasteiger partial charge in [-0.15, -0.1) is 11.6 Å². The molecule has 74 valence electrons. The first kappa shape index (κ1) is 12.6. The second kappa shape index (κ2) is 11.6. The molecule has 0 spiro atoms. The number of unbranched alkanes of at least 4 members (excludes halogenated alkanes) is 3. The van der Waals surface area contributed by atoms with Crippen molar-refractivity contribution in [2.75, 3.05) is 31.0 Å². The Morgan fingerprint density at radius 1 is 1.08 bits per heavy atom. The first-order chi connectivity index (χ1) is 5.91. The Morgan fingerprint density at radius 2 is 1.83 bits per heavy atom. The molecule has 0 fully saturated rings. The Labute approximate surface area is 85.6 Å². The van der Waals surface area contributed by atoms with Crippen LogP contribution in [0.3, 0.4) is 0 Å². The molecule has 0 radical (unpaired) electrons. The van der Waals surface area contributed by atoms with Crippen LogP contribution in [0.5, 0.6) is 0 Å². The molecule has 0 rings (SSSR count). The van der Waals surface area contributed by atoms with Crippen LogP contribution in [0.4, 0.5) is 0 Å². The zero-order chi connectivity index (χ0) is 9.07. The molecule has 1 N–H and O–H groups in total. The van der Waals surface area contributed by atoms with Crippen molar-refractivity contribution in [3.05, 3.63) is 0 Å². The van der Waals surface area contributed by atoms with Gasteiger partial charge in [-0.3, -0.25) is 0 Å². The SMILES string of the molecule is CSCCNCCCCCCCl. The van der Waals surface area contributed by atoms with Gasteiger partial charge in [0.25, 0.3) is 0 Å². The van der Waals surface area contributed by atoms with E-state index in [1.165, 1.54) is 38.0 Å². The van der Waals surface area contributed by atoms with Gasteiger partial charge in [0, 0.05) is 18.2 Å². The third-order valence-corrected chi connectivity index (χ3v) is 2.60. The van der Waals surface area contributed by atoms with Crippen LogP contribution in [0.2, 0.25) is 0 Å². The average Bonchev–Trinajstić information content (AvgIpc) is 2.10. The van der Waals surface area contributed by atoms with Gasteiger partial charge in [-0.05, 0) is 25.6 Å². The van der Waals surface area contributed by atoms with Crippen LogP contribution in [0.25, 0.3) is 0 Å². The van der Waals surface area contributed by atoms with E-state index in [0.29, 0.717) is 0 Å². The lowest BCUT2D eigenvalue weighted by Gasteiger charge is -2.02. The molecule has 0 aromatic heterocycles. The minimum atomic E-state index is 0.819. The van der Waals surface area contributed by atoms with Gasteiger partial charge < -0.3 is 5.32 Å². The third-order valence-electron chi connectivity index (χ3n) is 1.72. The zero-order valence-electron chi connectivity index (χ0n) is 7.94. The molecular formula is C9H20ClNS. The smallest absolute Gasteiger partial charge is 0.0223 e. The highest BCUT2D eigenvalue weighted by molar-refractivity contribution is 7.98. The van der Waals surface area contributed by atoms with Crippen LogP contribution in [0.1, 0.15) is 25.7 Å². The summed E-state index contributed by atoms with van der Waals surface area (Å²) in [6.45, 7) is 2.32. The summed E-state index contributed by atoms with van der Waals surface area (Å²) < 4.78 is 0. The molecule has 0 saturated heterocycles. The monoisotopic (exact) mass is 209 g/mol. The highest BCUT2D eigenvalue weighted by atomic mass is 35.5. The van der Waals surface area contributed by atoms with E-state index in [2.05, 4.69) is 11.6 Å². The Hall–Kier alpha value is 0.600. The number of hydrogen-bond acceptors (Lipinski definition) is 2. The highest BCUT2D eigenvalue weighted by Gasteiger charge is 1.89. The van der Waals surface area contributed by atoms with Gasteiger partial charge in [0.1, 0.15) is 0 Å². The maximum atomic E-state index is 5.56. The molecule has 0 aliphatic rings. The van der Waals surface area contributed by atoms with Crippen molar-refractivity contribution in [3.63, 3.8) is 0 Å². The maximum Gasteiger partial charge on any atom is 0.0223 e. The van der Waals surface area contributed by atoms with Crippen molar-refractivity contribution in [1.82, 2.24) is 5.32 Å². The van der Waals surface area contributed by atoms with Crippen molar-refractivity contribution in [1.29, 1.82) is 0 Å². The molecule has 0 aliphatic carbocycles. The van der Waals surface area contributed by atoms with Gasteiger partial charge >= 0.3 is 0 Å². The summed E-state index contributed by atoms with van der Waals surface area (Å²) in [5.41, 5.74) is 0. The topological polar surface area (TPSA) is 12.0 Å². The number of hydrogen-bond donors (Lipinski definition) is 1. The largest absolute Gasteiger partial charge is 0.316 e. The summed E-state index contributed by atoms with van der Waals surface area (Å²) in [5.74, 6) is 2.04. The average molecular weight is 210 g/mol. The predicted molar refractivity (Wildman–Crippen MR) is 60.4 cm³/mol. The van der Waals surface area contributed by atoms with Crippen molar-refractivity contribution in [2.24, 2.45) is 0 Å². The first-order valence-corrected chi connectivity index (χ1v) is 6.60. The summed E-state index contributed by atoms with van der Waals surface area (Å²) in [7, 11) is 0. The minimum Gasteiger partial charge on any atom is -0.316 e. The van der Waals surface area contributed by atoms with E-state index in [1.807, 2.05) is 11.8 Å². The normalized spacial score (nSPS) is 10.5. The van der Waals surface area contributed by atoms with E-state index in [1.54, 1.807) is 0 Å². The second-order valence-corrected chi connectivity index (χ2v) is 4.21. The molecule has 0 saturated carbocycles. The van der Waals surface area contributed by atoms with E-state index in [9.17, 15) is 0 Å².